The normalized spacial score (nSPS) is 17.0. The molecule has 166 valence electrons. The Morgan fingerprint density at radius 1 is 1.13 bits per heavy atom. The number of hydrogen-bond donors (Lipinski definition) is 1. The molecule has 0 fully saturated rings. The molecule has 0 aromatic heterocycles. The number of anilines is 1. The van der Waals surface area contributed by atoms with E-state index in [0.29, 0.717) is 17.0 Å². The summed E-state index contributed by atoms with van der Waals surface area (Å²) in [6, 6.07) is 9.46. The van der Waals surface area contributed by atoms with Gasteiger partial charge in [-0.05, 0) is 42.8 Å². The topological polar surface area (TPSA) is 113 Å². The SMILES string of the molecule is COCC(=O)N1CC(C(=O)O)N(S(=O)(=O)c2ccc(OC)cc2)Cc2cc(C)ccc21. The smallest absolute Gasteiger partial charge is 0.323 e. The van der Waals surface area contributed by atoms with E-state index in [1.165, 1.54) is 43.4 Å². The van der Waals surface area contributed by atoms with Gasteiger partial charge in [-0.25, -0.2) is 8.42 Å². The van der Waals surface area contributed by atoms with E-state index in [0.717, 1.165) is 9.87 Å². The maximum absolute atomic E-state index is 13.4. The van der Waals surface area contributed by atoms with Crippen molar-refractivity contribution in [1.82, 2.24) is 4.31 Å². The number of hydrogen-bond acceptors (Lipinski definition) is 6. The Morgan fingerprint density at radius 3 is 2.39 bits per heavy atom. The van der Waals surface area contributed by atoms with Crippen molar-refractivity contribution in [2.45, 2.75) is 24.4 Å². The van der Waals surface area contributed by atoms with Crippen LogP contribution in [0, 0.1) is 6.92 Å². The Balaban J connectivity index is 2.13. The summed E-state index contributed by atoms with van der Waals surface area (Å²) in [5.41, 5.74) is 1.85. The molecule has 1 N–H and O–H groups in total. The third-order valence-electron chi connectivity index (χ3n) is 5.08. The van der Waals surface area contributed by atoms with Crippen LogP contribution >= 0.6 is 0 Å². The number of carbonyl (C=O) groups excluding carboxylic acids is 1. The molecule has 0 saturated carbocycles. The lowest BCUT2D eigenvalue weighted by molar-refractivity contribution is -0.141. The second kappa shape index (κ2) is 9.04. The van der Waals surface area contributed by atoms with Crippen molar-refractivity contribution in [2.75, 3.05) is 32.3 Å². The summed E-state index contributed by atoms with van der Waals surface area (Å²) in [4.78, 5) is 26.0. The number of sulfonamides is 1. The first-order valence-corrected chi connectivity index (χ1v) is 10.9. The molecule has 1 aliphatic rings. The van der Waals surface area contributed by atoms with Crippen LogP contribution in [0.3, 0.4) is 0 Å². The number of carbonyl (C=O) groups is 2. The summed E-state index contributed by atoms with van der Waals surface area (Å²) in [5.74, 6) is -1.33. The molecule has 1 amide bonds. The summed E-state index contributed by atoms with van der Waals surface area (Å²) >= 11 is 0. The second-order valence-electron chi connectivity index (χ2n) is 7.15. The number of benzene rings is 2. The van der Waals surface area contributed by atoms with Gasteiger partial charge in [0, 0.05) is 19.3 Å². The second-order valence-corrected chi connectivity index (χ2v) is 9.04. The Bertz CT molecular complexity index is 1080. The van der Waals surface area contributed by atoms with Gasteiger partial charge < -0.3 is 19.5 Å². The minimum absolute atomic E-state index is 0.0644. The van der Waals surface area contributed by atoms with Crippen LogP contribution in [0.5, 0.6) is 5.75 Å². The number of carboxylic acid groups (broad SMARTS) is 1. The number of aliphatic carboxylic acids is 1. The Hall–Kier alpha value is -2.95. The Kier molecular flexibility index (Phi) is 6.63. The summed E-state index contributed by atoms with van der Waals surface area (Å²) in [7, 11) is -1.37. The fraction of sp³-hybridized carbons (Fsp3) is 0.333. The highest BCUT2D eigenvalue weighted by Gasteiger charge is 2.41. The fourth-order valence-electron chi connectivity index (χ4n) is 3.52. The number of ether oxygens (including phenoxy) is 2. The van der Waals surface area contributed by atoms with E-state index in [1.807, 2.05) is 6.92 Å². The standard InChI is InChI=1S/C21H24N2O7S/c1-14-4-9-18-15(10-14)11-23(19(21(25)26)12-22(18)20(24)13-29-2)31(27,28)17-7-5-16(30-3)6-8-17/h4-10,19H,11-13H2,1-3H3,(H,25,26). The van der Waals surface area contributed by atoms with Gasteiger partial charge in [0.15, 0.2) is 0 Å². The average molecular weight is 448 g/mol. The molecule has 1 aliphatic heterocycles. The lowest BCUT2D eigenvalue weighted by atomic mass is 10.1. The number of aryl methyl sites for hydroxylation is 1. The van der Waals surface area contributed by atoms with Crippen LogP contribution in [-0.4, -0.2) is 63.1 Å². The molecule has 0 aliphatic carbocycles. The zero-order chi connectivity index (χ0) is 22.8. The van der Waals surface area contributed by atoms with Crippen LogP contribution < -0.4 is 9.64 Å². The number of carboxylic acids is 1. The molecule has 10 heteroatoms. The molecule has 1 heterocycles. The van der Waals surface area contributed by atoms with Gasteiger partial charge in [-0.3, -0.25) is 9.59 Å². The van der Waals surface area contributed by atoms with Crippen molar-refractivity contribution >= 4 is 27.6 Å². The highest BCUT2D eigenvalue weighted by atomic mass is 32.2. The number of nitrogens with zero attached hydrogens (tertiary/aromatic N) is 2. The van der Waals surface area contributed by atoms with Gasteiger partial charge in [-0.2, -0.15) is 4.31 Å². The summed E-state index contributed by atoms with van der Waals surface area (Å²) < 4.78 is 37.8. The van der Waals surface area contributed by atoms with Crippen LogP contribution in [0.4, 0.5) is 5.69 Å². The average Bonchev–Trinajstić information content (AvgIpc) is 2.91. The summed E-state index contributed by atoms with van der Waals surface area (Å²) in [6.07, 6.45) is 0. The highest BCUT2D eigenvalue weighted by molar-refractivity contribution is 7.89. The lowest BCUT2D eigenvalue weighted by Crippen LogP contribution is -2.50. The molecule has 0 spiro atoms. The maximum atomic E-state index is 13.4. The van der Waals surface area contributed by atoms with Crippen LogP contribution in [0.15, 0.2) is 47.4 Å². The van der Waals surface area contributed by atoms with Crippen molar-refractivity contribution in [1.29, 1.82) is 0 Å². The quantitative estimate of drug-likeness (QED) is 0.715. The predicted molar refractivity (Wildman–Crippen MR) is 113 cm³/mol. The van der Waals surface area contributed by atoms with E-state index in [2.05, 4.69) is 0 Å². The van der Waals surface area contributed by atoms with Crippen molar-refractivity contribution in [3.63, 3.8) is 0 Å². The predicted octanol–water partition coefficient (Wildman–Crippen LogP) is 1.64. The van der Waals surface area contributed by atoms with Crippen molar-refractivity contribution in [2.24, 2.45) is 0 Å². The van der Waals surface area contributed by atoms with Gasteiger partial charge in [0.25, 0.3) is 5.91 Å². The van der Waals surface area contributed by atoms with Gasteiger partial charge in [0.1, 0.15) is 18.4 Å². The van der Waals surface area contributed by atoms with Crippen LogP contribution in [0.1, 0.15) is 11.1 Å². The van der Waals surface area contributed by atoms with Gasteiger partial charge in [0.05, 0.1) is 18.6 Å². The molecular formula is C21H24N2O7S. The minimum atomic E-state index is -4.19. The molecule has 1 unspecified atom stereocenters. The fourth-order valence-corrected chi connectivity index (χ4v) is 5.07. The van der Waals surface area contributed by atoms with Gasteiger partial charge in [-0.1, -0.05) is 17.7 Å². The van der Waals surface area contributed by atoms with E-state index in [4.69, 9.17) is 9.47 Å². The molecule has 2 aromatic rings. The summed E-state index contributed by atoms with van der Waals surface area (Å²) in [6.45, 7) is 1.04. The van der Waals surface area contributed by atoms with Gasteiger partial charge in [-0.15, -0.1) is 0 Å². The molecule has 0 saturated heterocycles. The van der Waals surface area contributed by atoms with Crippen molar-refractivity contribution in [3.05, 3.63) is 53.6 Å². The minimum Gasteiger partial charge on any atom is -0.497 e. The van der Waals surface area contributed by atoms with Gasteiger partial charge in [0.2, 0.25) is 10.0 Å². The number of amides is 1. The molecule has 31 heavy (non-hydrogen) atoms. The van der Waals surface area contributed by atoms with Crippen LogP contribution in [0.2, 0.25) is 0 Å². The lowest BCUT2D eigenvalue weighted by Gasteiger charge is -2.28. The molecule has 1 atom stereocenters. The largest absolute Gasteiger partial charge is 0.497 e. The molecule has 0 bridgehead atoms. The summed E-state index contributed by atoms with van der Waals surface area (Å²) in [5, 5.41) is 9.89. The first-order chi connectivity index (χ1) is 14.7. The third kappa shape index (κ3) is 4.55. The monoisotopic (exact) mass is 448 g/mol. The van der Waals surface area contributed by atoms with E-state index in [9.17, 15) is 23.1 Å². The first-order valence-electron chi connectivity index (χ1n) is 9.46. The van der Waals surface area contributed by atoms with Crippen LogP contribution in [-0.2, 0) is 30.9 Å². The maximum Gasteiger partial charge on any atom is 0.323 e. The zero-order valence-electron chi connectivity index (χ0n) is 17.4. The van der Waals surface area contributed by atoms with E-state index in [1.54, 1.807) is 18.2 Å². The number of fused-ring (bicyclic) bond motifs is 1. The van der Waals surface area contributed by atoms with E-state index in [-0.39, 0.29) is 24.6 Å². The first kappa shape index (κ1) is 22.7. The molecular weight excluding hydrogens is 424 g/mol. The molecule has 9 nitrogen and oxygen atoms in total. The third-order valence-corrected chi connectivity index (χ3v) is 6.94. The van der Waals surface area contributed by atoms with Gasteiger partial charge >= 0.3 is 5.97 Å². The number of rotatable bonds is 6. The van der Waals surface area contributed by atoms with Crippen LogP contribution in [0.25, 0.3) is 0 Å². The van der Waals surface area contributed by atoms with Crippen molar-refractivity contribution in [3.8, 4) is 5.75 Å². The Morgan fingerprint density at radius 2 is 1.81 bits per heavy atom. The molecule has 0 radical (unpaired) electrons. The number of methoxy groups -OCH3 is 2. The molecule has 3 rings (SSSR count). The van der Waals surface area contributed by atoms with E-state index >= 15 is 0 Å². The van der Waals surface area contributed by atoms with Crippen molar-refractivity contribution < 1.29 is 32.6 Å². The highest BCUT2D eigenvalue weighted by Crippen LogP contribution is 2.32. The Labute approximate surface area is 180 Å². The molecule has 2 aromatic carbocycles. The zero-order valence-corrected chi connectivity index (χ0v) is 18.3. The van der Waals surface area contributed by atoms with E-state index < -0.39 is 27.9 Å².